The van der Waals surface area contributed by atoms with E-state index in [0.717, 1.165) is 19.3 Å². The molecule has 1 saturated carbocycles. The molecular weight excluding hydrogens is 230 g/mol. The zero-order chi connectivity index (χ0) is 13.8. The van der Waals surface area contributed by atoms with E-state index in [0.29, 0.717) is 6.61 Å². The highest BCUT2D eigenvalue weighted by Crippen LogP contribution is 2.48. The van der Waals surface area contributed by atoms with Crippen LogP contribution in [0, 0.1) is 5.41 Å². The Labute approximate surface area is 109 Å². The van der Waals surface area contributed by atoms with Crippen LogP contribution in [0.15, 0.2) is 12.2 Å². The first-order chi connectivity index (χ1) is 8.55. The normalized spacial score (nSPS) is 25.3. The van der Waals surface area contributed by atoms with Gasteiger partial charge in [0.2, 0.25) is 5.91 Å². The number of carbonyl (C=O) groups excluding carboxylic acids is 1. The summed E-state index contributed by atoms with van der Waals surface area (Å²) in [5, 5.41) is 11.9. The molecule has 18 heavy (non-hydrogen) atoms. The van der Waals surface area contributed by atoms with Crippen LogP contribution in [0.4, 0.5) is 0 Å². The third-order valence-electron chi connectivity index (χ3n) is 4.29. The number of amides is 1. The Bertz CT molecular complexity index is 310. The average Bonchev–Trinajstić information content (AvgIpc) is 2.37. The molecule has 0 aromatic carbocycles. The molecule has 2 unspecified atom stereocenters. The minimum Gasteiger partial charge on any atom is -0.391 e. The Morgan fingerprint density at radius 2 is 2.06 bits per heavy atom. The van der Waals surface area contributed by atoms with Gasteiger partial charge in [-0.25, -0.2) is 0 Å². The van der Waals surface area contributed by atoms with E-state index in [4.69, 9.17) is 9.84 Å². The maximum Gasteiger partial charge on any atom is 0.249 e. The van der Waals surface area contributed by atoms with Gasteiger partial charge in [0.1, 0.15) is 0 Å². The van der Waals surface area contributed by atoms with Crippen molar-refractivity contribution < 1.29 is 14.6 Å². The Hall–Kier alpha value is -0.870. The lowest BCUT2D eigenvalue weighted by Crippen LogP contribution is -2.64. The lowest BCUT2D eigenvalue weighted by molar-refractivity contribution is -0.146. The Kier molecular flexibility index (Phi) is 5.35. The second kappa shape index (κ2) is 6.34. The van der Waals surface area contributed by atoms with Crippen LogP contribution in [-0.2, 0) is 9.53 Å². The Morgan fingerprint density at radius 3 is 2.50 bits per heavy atom. The average molecular weight is 255 g/mol. The molecule has 2 N–H and O–H groups in total. The van der Waals surface area contributed by atoms with Crippen molar-refractivity contribution in [3.05, 3.63) is 12.2 Å². The van der Waals surface area contributed by atoms with Crippen LogP contribution in [0.25, 0.3) is 0 Å². The van der Waals surface area contributed by atoms with Crippen molar-refractivity contribution in [1.82, 2.24) is 5.32 Å². The van der Waals surface area contributed by atoms with Crippen molar-refractivity contribution in [3.8, 4) is 0 Å². The second-order valence-electron chi connectivity index (χ2n) is 4.91. The largest absolute Gasteiger partial charge is 0.391 e. The molecule has 1 aliphatic rings. The molecule has 0 radical (unpaired) electrons. The zero-order valence-corrected chi connectivity index (χ0v) is 11.7. The summed E-state index contributed by atoms with van der Waals surface area (Å²) in [7, 11) is 0. The number of carbonyl (C=O) groups is 1. The quantitative estimate of drug-likeness (QED) is 0.680. The molecule has 0 spiro atoms. The van der Waals surface area contributed by atoms with E-state index in [1.165, 1.54) is 0 Å². The van der Waals surface area contributed by atoms with Crippen LogP contribution in [0.2, 0.25) is 0 Å². The van der Waals surface area contributed by atoms with Gasteiger partial charge in [0, 0.05) is 23.6 Å². The van der Waals surface area contributed by atoms with Crippen molar-refractivity contribution in [1.29, 1.82) is 0 Å². The van der Waals surface area contributed by atoms with Crippen LogP contribution in [-0.4, -0.2) is 36.4 Å². The van der Waals surface area contributed by atoms with E-state index in [1.54, 1.807) is 0 Å². The summed E-state index contributed by atoms with van der Waals surface area (Å²) in [4.78, 5) is 11.7. The molecule has 4 nitrogen and oxygen atoms in total. The van der Waals surface area contributed by atoms with Crippen LogP contribution < -0.4 is 5.32 Å². The summed E-state index contributed by atoms with van der Waals surface area (Å²) in [6.45, 7) is 10.2. The predicted molar refractivity (Wildman–Crippen MR) is 71.2 cm³/mol. The molecule has 1 fully saturated rings. The van der Waals surface area contributed by atoms with Gasteiger partial charge in [-0.05, 0) is 26.2 Å². The summed E-state index contributed by atoms with van der Waals surface area (Å²) < 4.78 is 5.75. The van der Waals surface area contributed by atoms with Gasteiger partial charge >= 0.3 is 0 Å². The highest BCUT2D eigenvalue weighted by Gasteiger charge is 2.53. The van der Waals surface area contributed by atoms with Crippen molar-refractivity contribution >= 4 is 5.91 Å². The van der Waals surface area contributed by atoms with Crippen molar-refractivity contribution in [2.45, 2.75) is 52.2 Å². The van der Waals surface area contributed by atoms with Gasteiger partial charge in [0.25, 0.3) is 0 Å². The second-order valence-corrected chi connectivity index (χ2v) is 4.91. The fourth-order valence-corrected chi connectivity index (χ4v) is 2.92. The summed E-state index contributed by atoms with van der Waals surface area (Å²) in [5.74, 6) is -0.247. The van der Waals surface area contributed by atoms with Gasteiger partial charge in [-0.3, -0.25) is 4.79 Å². The van der Waals surface area contributed by atoms with Crippen molar-refractivity contribution in [2.75, 3.05) is 13.2 Å². The first kappa shape index (κ1) is 15.2. The van der Waals surface area contributed by atoms with E-state index in [-0.39, 0.29) is 35.6 Å². The zero-order valence-electron chi connectivity index (χ0n) is 11.7. The first-order valence-corrected chi connectivity index (χ1v) is 6.76. The highest BCUT2D eigenvalue weighted by atomic mass is 16.5. The third-order valence-corrected chi connectivity index (χ3v) is 4.29. The number of hydrogen-bond acceptors (Lipinski definition) is 3. The van der Waals surface area contributed by atoms with E-state index < -0.39 is 0 Å². The van der Waals surface area contributed by atoms with Crippen molar-refractivity contribution in [2.24, 2.45) is 5.41 Å². The van der Waals surface area contributed by atoms with Gasteiger partial charge in [-0.15, -0.1) is 0 Å². The van der Waals surface area contributed by atoms with Gasteiger partial charge in [-0.2, -0.15) is 0 Å². The molecule has 0 bridgehead atoms. The molecule has 0 saturated heterocycles. The smallest absolute Gasteiger partial charge is 0.249 e. The van der Waals surface area contributed by atoms with E-state index in [9.17, 15) is 4.79 Å². The number of ether oxygens (including phenoxy) is 1. The number of nitrogens with one attached hydrogen (secondary N) is 1. The minimum absolute atomic E-state index is 0.0292. The van der Waals surface area contributed by atoms with E-state index in [1.807, 2.05) is 6.92 Å². The summed E-state index contributed by atoms with van der Waals surface area (Å²) in [6.07, 6.45) is 3.03. The maximum absolute atomic E-state index is 11.7. The predicted octanol–water partition coefficient (Wildman–Crippen LogP) is 1.63. The first-order valence-electron chi connectivity index (χ1n) is 6.76. The summed E-state index contributed by atoms with van der Waals surface area (Å²) in [6, 6.07) is 0.125. The van der Waals surface area contributed by atoms with Crippen LogP contribution >= 0.6 is 0 Å². The number of hydrogen-bond donors (Lipinski definition) is 2. The Morgan fingerprint density at radius 1 is 1.44 bits per heavy atom. The molecule has 0 aromatic rings. The maximum atomic E-state index is 11.7. The van der Waals surface area contributed by atoms with Crippen LogP contribution in [0.1, 0.15) is 40.0 Å². The molecule has 0 aromatic heterocycles. The molecule has 2 atom stereocenters. The molecule has 1 amide bonds. The molecule has 0 aliphatic heterocycles. The van der Waals surface area contributed by atoms with Gasteiger partial charge in [-0.1, -0.05) is 20.4 Å². The van der Waals surface area contributed by atoms with Gasteiger partial charge < -0.3 is 15.2 Å². The van der Waals surface area contributed by atoms with Crippen LogP contribution in [0.3, 0.4) is 0 Å². The fraction of sp³-hybridized carbons (Fsp3) is 0.786. The number of rotatable bonds is 7. The van der Waals surface area contributed by atoms with Gasteiger partial charge in [0.15, 0.2) is 0 Å². The third kappa shape index (κ3) is 2.59. The molecule has 4 heteroatoms. The Balaban J connectivity index is 2.67. The van der Waals surface area contributed by atoms with Gasteiger partial charge in [0.05, 0.1) is 12.7 Å². The van der Waals surface area contributed by atoms with E-state index in [2.05, 4.69) is 25.7 Å². The summed E-state index contributed by atoms with van der Waals surface area (Å²) >= 11 is 0. The monoisotopic (exact) mass is 255 g/mol. The van der Waals surface area contributed by atoms with Crippen LogP contribution in [0.5, 0.6) is 0 Å². The van der Waals surface area contributed by atoms with Crippen molar-refractivity contribution in [3.63, 3.8) is 0 Å². The minimum atomic E-state index is -0.293. The summed E-state index contributed by atoms with van der Waals surface area (Å²) in [5.41, 5.74) is 0.248. The molecular formula is C14H25NO3. The lowest BCUT2D eigenvalue weighted by atomic mass is 9.58. The number of aliphatic hydroxyl groups excluding tert-OH is 1. The fourth-order valence-electron chi connectivity index (χ4n) is 2.92. The topological polar surface area (TPSA) is 58.6 Å². The lowest BCUT2D eigenvalue weighted by Gasteiger charge is -2.55. The molecule has 104 valence electrons. The van der Waals surface area contributed by atoms with E-state index >= 15 is 0 Å². The molecule has 1 rings (SSSR count). The number of aliphatic hydroxyl groups is 1. The standard InChI is InChI=1S/C14H25NO3/c1-5-14(6-2)11(8-12(14)18-7-3)15-13(17)10(4)9-16/h11-12,16H,4-9H2,1-3H3,(H,15,17). The SMILES string of the molecule is C=C(CO)C(=O)NC1CC(OCC)C1(CC)CC. The molecule has 0 heterocycles. The highest BCUT2D eigenvalue weighted by molar-refractivity contribution is 5.93. The molecule has 1 aliphatic carbocycles.